The topological polar surface area (TPSA) is 13.1 Å². The highest BCUT2D eigenvalue weighted by Gasteiger charge is 2.24. The van der Waals surface area contributed by atoms with Crippen molar-refractivity contribution in [3.8, 4) is 11.1 Å². The van der Waals surface area contributed by atoms with Crippen molar-refractivity contribution < 1.29 is 4.42 Å². The third-order valence-electron chi connectivity index (χ3n) is 4.19. The summed E-state index contributed by atoms with van der Waals surface area (Å²) in [6, 6.07) is 15.0. The molecule has 0 radical (unpaired) electrons. The Labute approximate surface area is 140 Å². The third kappa shape index (κ3) is 3.21. The van der Waals surface area contributed by atoms with Crippen LogP contribution in [0.4, 0.5) is 0 Å². The van der Waals surface area contributed by atoms with Crippen LogP contribution in [0.25, 0.3) is 21.8 Å². The van der Waals surface area contributed by atoms with Crippen molar-refractivity contribution in [2.45, 2.75) is 52.4 Å². The Bertz CT molecular complexity index is 830. The van der Waals surface area contributed by atoms with Crippen molar-refractivity contribution in [2.75, 3.05) is 0 Å². The van der Waals surface area contributed by atoms with Gasteiger partial charge in [0, 0.05) is 5.56 Å². The maximum Gasteiger partial charge on any atom is 0.161 e. The Morgan fingerprint density at radius 2 is 1.48 bits per heavy atom. The van der Waals surface area contributed by atoms with Crippen molar-refractivity contribution in [1.29, 1.82) is 0 Å². The van der Waals surface area contributed by atoms with Gasteiger partial charge in [-0.3, -0.25) is 0 Å². The Hall–Kier alpha value is -1.59. The molecule has 0 unspecified atom stereocenters. The quantitative estimate of drug-likeness (QED) is 0.458. The minimum Gasteiger partial charge on any atom is -0.451 e. The van der Waals surface area contributed by atoms with E-state index in [9.17, 15) is 0 Å². The first kappa shape index (κ1) is 16.3. The Kier molecular flexibility index (Phi) is 3.89. The van der Waals surface area contributed by atoms with Gasteiger partial charge in [-0.25, -0.2) is 0 Å². The van der Waals surface area contributed by atoms with E-state index in [1.807, 2.05) is 6.07 Å². The highest BCUT2D eigenvalue weighted by Crippen LogP contribution is 2.44. The van der Waals surface area contributed by atoms with Crippen LogP contribution in [0, 0.1) is 0 Å². The minimum absolute atomic E-state index is 0.105. The average molecular weight is 324 g/mol. The molecule has 0 amide bonds. The smallest absolute Gasteiger partial charge is 0.161 e. The highest BCUT2D eigenvalue weighted by molar-refractivity contribution is 7.40. The lowest BCUT2D eigenvalue weighted by atomic mass is 9.80. The summed E-state index contributed by atoms with van der Waals surface area (Å²) in [6.07, 6.45) is 0. The number of hydrogen-bond donors (Lipinski definition) is 0. The highest BCUT2D eigenvalue weighted by atomic mass is 31.0. The van der Waals surface area contributed by atoms with Gasteiger partial charge in [-0.15, -0.1) is 0 Å². The maximum atomic E-state index is 6.27. The van der Waals surface area contributed by atoms with Gasteiger partial charge in [0.25, 0.3) is 0 Å². The molecular weight excluding hydrogens is 299 g/mol. The van der Waals surface area contributed by atoms with E-state index in [1.165, 1.54) is 30.0 Å². The predicted octanol–water partition coefficient (Wildman–Crippen LogP) is 7.27. The van der Waals surface area contributed by atoms with Gasteiger partial charge < -0.3 is 4.42 Å². The maximum absolute atomic E-state index is 6.27. The summed E-state index contributed by atoms with van der Waals surface area (Å²) in [5, 5.41) is 1.32. The zero-order valence-electron chi connectivity index (χ0n) is 14.9. The first-order valence-corrected chi connectivity index (χ1v) is 9.07. The second kappa shape index (κ2) is 5.49. The number of benzene rings is 2. The second-order valence-corrected chi connectivity index (χ2v) is 9.33. The molecule has 120 valence electrons. The standard InChI is InChI=1S/C21H25OP/c1-20(2,3)15-12-16(21(4,5)6)18-17(13-15)22-19(23-18)14-10-8-7-9-11-14/h7-13H,1-6H3. The summed E-state index contributed by atoms with van der Waals surface area (Å²) in [5.41, 5.74) is 6.19. The van der Waals surface area contributed by atoms with Gasteiger partial charge in [0.2, 0.25) is 0 Å². The molecule has 0 saturated carbocycles. The number of rotatable bonds is 1. The zero-order valence-corrected chi connectivity index (χ0v) is 15.8. The second-order valence-electron chi connectivity index (χ2n) is 8.26. The van der Waals surface area contributed by atoms with E-state index >= 15 is 0 Å². The van der Waals surface area contributed by atoms with Crippen molar-refractivity contribution in [2.24, 2.45) is 0 Å². The van der Waals surface area contributed by atoms with Gasteiger partial charge in [0.05, 0.1) is 5.12 Å². The fraction of sp³-hybridized carbons (Fsp3) is 0.381. The molecule has 0 N–H and O–H groups in total. The van der Waals surface area contributed by atoms with Crippen LogP contribution in [0.15, 0.2) is 46.9 Å². The Balaban J connectivity index is 2.28. The van der Waals surface area contributed by atoms with Gasteiger partial charge in [-0.05, 0) is 36.2 Å². The van der Waals surface area contributed by atoms with Crippen molar-refractivity contribution in [3.05, 3.63) is 53.6 Å². The summed E-state index contributed by atoms with van der Waals surface area (Å²) in [7, 11) is 1.18. The first-order chi connectivity index (χ1) is 10.7. The van der Waals surface area contributed by atoms with Crippen LogP contribution in [0.2, 0.25) is 0 Å². The lowest BCUT2D eigenvalue weighted by Gasteiger charge is -2.25. The monoisotopic (exact) mass is 324 g/mol. The molecule has 2 aromatic carbocycles. The molecule has 0 aliphatic heterocycles. The van der Waals surface area contributed by atoms with Crippen LogP contribution in [-0.4, -0.2) is 0 Å². The van der Waals surface area contributed by atoms with Crippen molar-refractivity contribution >= 4 is 18.9 Å². The Morgan fingerprint density at radius 1 is 0.826 bits per heavy atom. The van der Waals surface area contributed by atoms with Gasteiger partial charge >= 0.3 is 0 Å². The average Bonchev–Trinajstić information content (AvgIpc) is 2.89. The molecule has 1 heterocycles. The van der Waals surface area contributed by atoms with Crippen LogP contribution in [0.3, 0.4) is 0 Å². The van der Waals surface area contributed by atoms with Crippen LogP contribution in [-0.2, 0) is 10.8 Å². The molecule has 2 heteroatoms. The van der Waals surface area contributed by atoms with Gasteiger partial charge in [-0.1, -0.05) is 77.9 Å². The lowest BCUT2D eigenvalue weighted by Crippen LogP contribution is -2.16. The minimum atomic E-state index is 0.105. The molecule has 1 nitrogen and oxygen atoms in total. The van der Waals surface area contributed by atoms with Gasteiger partial charge in [-0.2, -0.15) is 0 Å². The van der Waals surface area contributed by atoms with Gasteiger partial charge in [0.15, 0.2) is 5.49 Å². The number of fused-ring (bicyclic) bond motifs is 1. The molecule has 3 rings (SSSR count). The summed E-state index contributed by atoms with van der Waals surface area (Å²) in [6.45, 7) is 13.6. The first-order valence-electron chi connectivity index (χ1n) is 8.17. The predicted molar refractivity (Wildman–Crippen MR) is 102 cm³/mol. The Morgan fingerprint density at radius 3 is 2.04 bits per heavy atom. The summed E-state index contributed by atoms with van der Waals surface area (Å²) >= 11 is 0. The van der Waals surface area contributed by atoms with E-state index in [4.69, 9.17) is 4.42 Å². The molecular formula is C21H25OP. The molecule has 3 aromatic rings. The number of hydrogen-bond acceptors (Lipinski definition) is 1. The molecule has 0 fully saturated rings. The van der Waals surface area contributed by atoms with Crippen LogP contribution < -0.4 is 0 Å². The molecule has 0 bridgehead atoms. The lowest BCUT2D eigenvalue weighted by molar-refractivity contribution is 0.568. The van der Waals surface area contributed by atoms with E-state index in [2.05, 4.69) is 77.9 Å². The summed E-state index contributed by atoms with van der Waals surface area (Å²) in [5.74, 6) is 0. The van der Waals surface area contributed by atoms with Crippen molar-refractivity contribution in [1.82, 2.24) is 0 Å². The van der Waals surface area contributed by atoms with Crippen LogP contribution >= 0.6 is 8.19 Å². The fourth-order valence-corrected chi connectivity index (χ4v) is 4.10. The molecule has 0 spiro atoms. The molecule has 23 heavy (non-hydrogen) atoms. The molecule has 0 aliphatic rings. The van der Waals surface area contributed by atoms with E-state index in [1.54, 1.807) is 0 Å². The molecule has 0 aliphatic carbocycles. The SMILES string of the molecule is CC(C)(C)c1cc(C(C)(C)C)c2pc(-c3ccccc3)oc2c1. The summed E-state index contributed by atoms with van der Waals surface area (Å²) in [4.78, 5) is 0. The molecule has 0 atom stereocenters. The summed E-state index contributed by atoms with van der Waals surface area (Å²) < 4.78 is 6.27. The van der Waals surface area contributed by atoms with E-state index in [-0.39, 0.29) is 10.8 Å². The van der Waals surface area contributed by atoms with Gasteiger partial charge in [0.1, 0.15) is 5.58 Å². The molecule has 0 saturated heterocycles. The van der Waals surface area contributed by atoms with Crippen molar-refractivity contribution in [3.63, 3.8) is 0 Å². The van der Waals surface area contributed by atoms with E-state index in [0.29, 0.717) is 0 Å². The van der Waals surface area contributed by atoms with Crippen LogP contribution in [0.1, 0.15) is 52.7 Å². The fourth-order valence-electron chi connectivity index (χ4n) is 2.74. The third-order valence-corrected chi connectivity index (χ3v) is 5.43. The molecule has 1 aromatic heterocycles. The van der Waals surface area contributed by atoms with Crippen LogP contribution in [0.5, 0.6) is 0 Å². The normalized spacial score (nSPS) is 13.1. The largest absolute Gasteiger partial charge is 0.451 e. The van der Waals surface area contributed by atoms with E-state index < -0.39 is 0 Å². The zero-order chi connectivity index (χ0) is 16.8. The van der Waals surface area contributed by atoms with E-state index in [0.717, 1.165) is 11.1 Å².